The first-order valence-electron chi connectivity index (χ1n) is 7.89. The van der Waals surface area contributed by atoms with Crippen LogP contribution < -0.4 is 16.4 Å². The molecular weight excluding hydrogens is 326 g/mol. The van der Waals surface area contributed by atoms with Crippen molar-refractivity contribution in [3.8, 4) is 0 Å². The lowest BCUT2D eigenvalue weighted by atomic mass is 10.1. The predicted octanol–water partition coefficient (Wildman–Crippen LogP) is 0.738. The number of aryl methyl sites for hydroxylation is 3. The van der Waals surface area contributed by atoms with Gasteiger partial charge in [-0.1, -0.05) is 0 Å². The molecule has 0 spiro atoms. The van der Waals surface area contributed by atoms with E-state index in [1.54, 1.807) is 29.2 Å². The van der Waals surface area contributed by atoms with E-state index >= 15 is 0 Å². The molecule has 3 aromatic heterocycles. The highest BCUT2D eigenvalue weighted by Crippen LogP contribution is 2.29. The Balaban J connectivity index is 1.68. The molecule has 0 saturated carbocycles. The molecule has 3 aromatic rings. The minimum atomic E-state index is -0.169. The molecule has 0 unspecified atom stereocenters. The first kappa shape index (κ1) is 15.2. The fraction of sp³-hybridized carbons (Fsp3) is 0.375. The lowest BCUT2D eigenvalue weighted by Gasteiger charge is -2.12. The van der Waals surface area contributed by atoms with E-state index in [-0.39, 0.29) is 11.1 Å². The van der Waals surface area contributed by atoms with Crippen molar-refractivity contribution in [1.29, 1.82) is 0 Å². The first-order valence-corrected chi connectivity index (χ1v) is 8.71. The molecule has 2 N–H and O–H groups in total. The fourth-order valence-corrected chi connectivity index (χ4v) is 4.26. The van der Waals surface area contributed by atoms with Crippen LogP contribution in [0.5, 0.6) is 0 Å². The van der Waals surface area contributed by atoms with Gasteiger partial charge in [0.05, 0.1) is 11.7 Å². The molecule has 0 fully saturated rings. The fourth-order valence-electron chi connectivity index (χ4n) is 3.11. The smallest absolute Gasteiger partial charge is 0.262 e. The maximum absolute atomic E-state index is 12.8. The van der Waals surface area contributed by atoms with Crippen molar-refractivity contribution < 1.29 is 0 Å². The van der Waals surface area contributed by atoms with Crippen LogP contribution in [-0.4, -0.2) is 26.1 Å². The zero-order valence-corrected chi connectivity index (χ0v) is 14.1. The predicted molar refractivity (Wildman–Crippen MR) is 92.6 cm³/mol. The highest BCUT2D eigenvalue weighted by atomic mass is 32.1. The lowest BCUT2D eigenvalue weighted by molar-refractivity contribution is 0.644. The number of hydrogen-bond donors (Lipinski definition) is 2. The highest BCUT2D eigenvalue weighted by Gasteiger charge is 2.19. The average molecular weight is 343 g/mol. The summed E-state index contributed by atoms with van der Waals surface area (Å²) in [4.78, 5) is 37.8. The van der Waals surface area contributed by atoms with Gasteiger partial charge in [0.1, 0.15) is 10.7 Å². The van der Waals surface area contributed by atoms with Crippen molar-refractivity contribution >= 4 is 21.6 Å². The van der Waals surface area contributed by atoms with Crippen LogP contribution in [0.15, 0.2) is 22.0 Å². The zero-order valence-electron chi connectivity index (χ0n) is 13.3. The van der Waals surface area contributed by atoms with Gasteiger partial charge in [-0.3, -0.25) is 14.2 Å². The Bertz CT molecular complexity index is 1030. The van der Waals surface area contributed by atoms with Crippen LogP contribution in [0.3, 0.4) is 0 Å². The second kappa shape index (κ2) is 5.95. The van der Waals surface area contributed by atoms with Gasteiger partial charge in [-0.15, -0.1) is 11.3 Å². The Morgan fingerprint density at radius 3 is 3.08 bits per heavy atom. The molecule has 4 heterocycles. The number of aromatic amines is 1. The molecule has 0 saturated heterocycles. The molecule has 1 aliphatic rings. The summed E-state index contributed by atoms with van der Waals surface area (Å²) in [6, 6.07) is 1.47. The van der Waals surface area contributed by atoms with Crippen LogP contribution in [-0.2, 0) is 25.9 Å². The van der Waals surface area contributed by atoms with Gasteiger partial charge in [0.2, 0.25) is 0 Å². The van der Waals surface area contributed by atoms with E-state index in [0.717, 1.165) is 35.3 Å². The summed E-state index contributed by atoms with van der Waals surface area (Å²) >= 11 is 1.60. The zero-order chi connectivity index (χ0) is 16.7. The topological polar surface area (TPSA) is 92.7 Å². The first-order chi connectivity index (χ1) is 11.6. The minimum Gasteiger partial charge on any atom is -0.312 e. The molecule has 0 bridgehead atoms. The van der Waals surface area contributed by atoms with Crippen LogP contribution >= 0.6 is 11.3 Å². The van der Waals surface area contributed by atoms with E-state index in [4.69, 9.17) is 0 Å². The van der Waals surface area contributed by atoms with E-state index < -0.39 is 0 Å². The second-order valence-electron chi connectivity index (χ2n) is 5.93. The molecule has 0 radical (unpaired) electrons. The van der Waals surface area contributed by atoms with E-state index in [1.165, 1.54) is 10.9 Å². The van der Waals surface area contributed by atoms with E-state index in [2.05, 4.69) is 20.3 Å². The number of nitrogens with one attached hydrogen (secondary N) is 2. The number of aromatic nitrogens is 4. The van der Waals surface area contributed by atoms with Crippen molar-refractivity contribution in [2.24, 2.45) is 0 Å². The molecule has 8 heteroatoms. The molecule has 0 aliphatic carbocycles. The summed E-state index contributed by atoms with van der Waals surface area (Å²) in [7, 11) is 0. The Hall–Kier alpha value is -2.32. The third-order valence-electron chi connectivity index (χ3n) is 4.22. The summed E-state index contributed by atoms with van der Waals surface area (Å²) < 4.78 is 1.62. The maximum atomic E-state index is 12.8. The molecule has 124 valence electrons. The molecule has 4 rings (SSSR count). The monoisotopic (exact) mass is 343 g/mol. The van der Waals surface area contributed by atoms with Crippen molar-refractivity contribution in [3.05, 3.63) is 55.1 Å². The van der Waals surface area contributed by atoms with Gasteiger partial charge in [-0.05, 0) is 25.5 Å². The Labute approximate surface area is 141 Å². The second-order valence-corrected chi connectivity index (χ2v) is 7.01. The summed E-state index contributed by atoms with van der Waals surface area (Å²) in [5.41, 5.74) is 1.66. The average Bonchev–Trinajstić information content (AvgIpc) is 2.92. The Kier molecular flexibility index (Phi) is 3.78. The lowest BCUT2D eigenvalue weighted by Crippen LogP contribution is -2.25. The standard InChI is InChI=1S/C16H17N5O2S/c1-9-19-10(6-13(22)20-9)3-5-21-8-18-15-14(16(21)23)11-2-4-17-7-12(11)24-15/h6,8,17H,2-5,7H2,1H3,(H,19,20,22). The molecular formula is C16H17N5O2S. The Morgan fingerprint density at radius 1 is 1.38 bits per heavy atom. The number of fused-ring (bicyclic) bond motifs is 3. The SMILES string of the molecule is Cc1nc(CCn2cnc3sc4c(c3c2=O)CCNC4)cc(=O)[nH]1. The number of hydrogen-bond acceptors (Lipinski definition) is 6. The van der Waals surface area contributed by atoms with Crippen molar-refractivity contribution in [2.45, 2.75) is 32.9 Å². The minimum absolute atomic E-state index is 0.000891. The van der Waals surface area contributed by atoms with Gasteiger partial charge in [0, 0.05) is 36.1 Å². The largest absolute Gasteiger partial charge is 0.312 e. The summed E-state index contributed by atoms with van der Waals surface area (Å²) in [5.74, 6) is 0.581. The number of thiophene rings is 1. The van der Waals surface area contributed by atoms with Gasteiger partial charge < -0.3 is 10.3 Å². The molecule has 0 amide bonds. The van der Waals surface area contributed by atoms with Crippen LogP contribution in [0.1, 0.15) is 22.0 Å². The number of nitrogens with zero attached hydrogens (tertiary/aromatic N) is 3. The normalized spacial score (nSPS) is 14.0. The van der Waals surface area contributed by atoms with Crippen LogP contribution in [0.2, 0.25) is 0 Å². The van der Waals surface area contributed by atoms with E-state index in [9.17, 15) is 9.59 Å². The highest BCUT2D eigenvalue weighted by molar-refractivity contribution is 7.18. The van der Waals surface area contributed by atoms with Crippen LogP contribution in [0, 0.1) is 6.92 Å². The van der Waals surface area contributed by atoms with Crippen molar-refractivity contribution in [3.63, 3.8) is 0 Å². The maximum Gasteiger partial charge on any atom is 0.262 e. The van der Waals surface area contributed by atoms with Gasteiger partial charge in [0.15, 0.2) is 0 Å². The van der Waals surface area contributed by atoms with Gasteiger partial charge in [-0.25, -0.2) is 9.97 Å². The summed E-state index contributed by atoms with van der Waals surface area (Å²) in [6.45, 7) is 3.91. The Morgan fingerprint density at radius 2 is 2.25 bits per heavy atom. The van der Waals surface area contributed by atoms with Crippen molar-refractivity contribution in [1.82, 2.24) is 24.8 Å². The quantitative estimate of drug-likeness (QED) is 0.732. The molecule has 24 heavy (non-hydrogen) atoms. The molecule has 0 aromatic carbocycles. The van der Waals surface area contributed by atoms with Gasteiger partial charge in [-0.2, -0.15) is 0 Å². The third-order valence-corrected chi connectivity index (χ3v) is 5.36. The van der Waals surface area contributed by atoms with Gasteiger partial charge in [0.25, 0.3) is 11.1 Å². The van der Waals surface area contributed by atoms with E-state index in [0.29, 0.717) is 24.5 Å². The molecule has 1 aliphatic heterocycles. The van der Waals surface area contributed by atoms with Gasteiger partial charge >= 0.3 is 0 Å². The molecule has 0 atom stereocenters. The third kappa shape index (κ3) is 2.67. The molecule has 7 nitrogen and oxygen atoms in total. The summed E-state index contributed by atoms with van der Waals surface area (Å²) in [5, 5.41) is 4.08. The van der Waals surface area contributed by atoms with Crippen LogP contribution in [0.4, 0.5) is 0 Å². The van der Waals surface area contributed by atoms with E-state index in [1.807, 2.05) is 0 Å². The van der Waals surface area contributed by atoms with Crippen LogP contribution in [0.25, 0.3) is 10.2 Å². The summed E-state index contributed by atoms with van der Waals surface area (Å²) in [6.07, 6.45) is 2.98. The number of rotatable bonds is 3. The van der Waals surface area contributed by atoms with Crippen molar-refractivity contribution in [2.75, 3.05) is 6.54 Å². The number of H-pyrrole nitrogens is 1.